The molecule has 0 atom stereocenters. The van der Waals surface area contributed by atoms with E-state index in [0.717, 1.165) is 22.3 Å². The van der Waals surface area contributed by atoms with Crippen LogP contribution in [0.3, 0.4) is 0 Å². The fraction of sp³-hybridized carbons (Fsp3) is 0.500. The molecule has 0 unspecified atom stereocenters. The van der Waals surface area contributed by atoms with Crippen LogP contribution in [0.1, 0.15) is 18.2 Å². The fourth-order valence-corrected chi connectivity index (χ4v) is 3.11. The molecule has 0 spiro atoms. The maximum atomic E-state index is 9.35. The summed E-state index contributed by atoms with van der Waals surface area (Å²) in [6.07, 6.45) is 1.76. The predicted octanol–water partition coefficient (Wildman–Crippen LogP) is 1.46. The molecule has 162 valence electrons. The number of anilines is 3. The van der Waals surface area contributed by atoms with Gasteiger partial charge in [0.25, 0.3) is 0 Å². The van der Waals surface area contributed by atoms with Gasteiger partial charge in [-0.05, 0) is 38.6 Å². The molecule has 3 aromatic rings. The number of rotatable bonds is 11. The van der Waals surface area contributed by atoms with Crippen molar-refractivity contribution in [1.82, 2.24) is 30.0 Å². The molecule has 3 rings (SSSR count). The Balaban J connectivity index is 2.14. The number of hydrogen-bond acceptors (Lipinski definition) is 9. The molecular weight excluding hydrogens is 384 g/mol. The summed E-state index contributed by atoms with van der Waals surface area (Å²) in [5.41, 5.74) is 3.47. The van der Waals surface area contributed by atoms with Crippen LogP contribution in [0.5, 0.6) is 0 Å². The number of pyridine rings is 1. The zero-order chi connectivity index (χ0) is 21.5. The van der Waals surface area contributed by atoms with E-state index in [-0.39, 0.29) is 6.61 Å². The number of aryl methyl sites for hydroxylation is 1. The van der Waals surface area contributed by atoms with Gasteiger partial charge in [-0.1, -0.05) is 0 Å². The van der Waals surface area contributed by atoms with Gasteiger partial charge in [-0.3, -0.25) is 4.68 Å². The molecule has 0 amide bonds. The van der Waals surface area contributed by atoms with Crippen LogP contribution in [0, 0.1) is 6.92 Å². The molecule has 0 aliphatic heterocycles. The van der Waals surface area contributed by atoms with E-state index in [2.05, 4.69) is 15.6 Å². The number of aliphatic hydroxyl groups excluding tert-OH is 1. The Bertz CT molecular complexity index is 975. The van der Waals surface area contributed by atoms with E-state index in [9.17, 15) is 5.11 Å². The number of nitrogens with zero attached hydrogens (tertiary/aromatic N) is 6. The third-order valence-corrected chi connectivity index (χ3v) is 4.58. The summed E-state index contributed by atoms with van der Waals surface area (Å²) in [5, 5.41) is 20.6. The van der Waals surface area contributed by atoms with Crippen LogP contribution in [0.4, 0.5) is 17.6 Å². The standard InChI is InChI=1S/C20H30N8O2/c1-5-30-11-9-28-18-17(15(26-28)13-21-3)24-20(27(4)8-10-29)25-19(18)23-16-12-14(2)6-7-22-16/h6-7,12,21,29H,5,8-11,13H2,1-4H3,(H,22,23,24,25). The SMILES string of the molecule is CCOCCn1nc(CNC)c2nc(N(C)CCO)nc(Nc3cc(C)ccn3)c21. The predicted molar refractivity (Wildman–Crippen MR) is 117 cm³/mol. The minimum absolute atomic E-state index is 0.0110. The number of likely N-dealkylation sites (N-methyl/N-ethyl adjacent to an activating group) is 1. The molecule has 30 heavy (non-hydrogen) atoms. The molecule has 0 aromatic carbocycles. The van der Waals surface area contributed by atoms with Gasteiger partial charge in [0.2, 0.25) is 5.95 Å². The lowest BCUT2D eigenvalue weighted by Crippen LogP contribution is -2.24. The van der Waals surface area contributed by atoms with Crippen molar-refractivity contribution in [3.63, 3.8) is 0 Å². The summed E-state index contributed by atoms with van der Waals surface area (Å²) in [6.45, 7) is 6.76. The van der Waals surface area contributed by atoms with Gasteiger partial charge in [-0.25, -0.2) is 9.97 Å². The molecule has 0 fully saturated rings. The largest absolute Gasteiger partial charge is 0.395 e. The topological polar surface area (TPSA) is 113 Å². The minimum Gasteiger partial charge on any atom is -0.395 e. The molecule has 10 heteroatoms. The zero-order valence-corrected chi connectivity index (χ0v) is 18.0. The van der Waals surface area contributed by atoms with E-state index in [1.54, 1.807) is 6.20 Å². The molecule has 0 aliphatic carbocycles. The van der Waals surface area contributed by atoms with Gasteiger partial charge >= 0.3 is 0 Å². The van der Waals surface area contributed by atoms with Crippen molar-refractivity contribution in [3.05, 3.63) is 29.6 Å². The van der Waals surface area contributed by atoms with Crippen LogP contribution in [0.25, 0.3) is 11.0 Å². The molecule has 0 saturated carbocycles. The number of fused-ring (bicyclic) bond motifs is 1. The van der Waals surface area contributed by atoms with Gasteiger partial charge in [-0.15, -0.1) is 0 Å². The first kappa shape index (κ1) is 21.9. The first-order chi connectivity index (χ1) is 14.6. The van der Waals surface area contributed by atoms with E-state index in [4.69, 9.17) is 19.8 Å². The number of nitrogens with one attached hydrogen (secondary N) is 2. The lowest BCUT2D eigenvalue weighted by atomic mass is 10.3. The summed E-state index contributed by atoms with van der Waals surface area (Å²) < 4.78 is 7.42. The Hall–Kier alpha value is -2.82. The average Bonchev–Trinajstić information content (AvgIpc) is 3.06. The van der Waals surface area contributed by atoms with Crippen molar-refractivity contribution >= 4 is 28.6 Å². The second-order valence-corrected chi connectivity index (χ2v) is 6.96. The van der Waals surface area contributed by atoms with E-state index in [0.29, 0.717) is 50.4 Å². The molecule has 0 radical (unpaired) electrons. The summed E-state index contributed by atoms with van der Waals surface area (Å²) in [5.74, 6) is 1.82. The van der Waals surface area contributed by atoms with Gasteiger partial charge in [0.1, 0.15) is 22.5 Å². The Morgan fingerprint density at radius 3 is 2.83 bits per heavy atom. The fourth-order valence-electron chi connectivity index (χ4n) is 3.11. The van der Waals surface area contributed by atoms with Crippen molar-refractivity contribution in [2.45, 2.75) is 26.9 Å². The molecule has 0 bridgehead atoms. The molecule has 3 N–H and O–H groups in total. The van der Waals surface area contributed by atoms with Crippen molar-refractivity contribution in [1.29, 1.82) is 0 Å². The van der Waals surface area contributed by atoms with Gasteiger partial charge < -0.3 is 25.4 Å². The van der Waals surface area contributed by atoms with E-state index in [1.807, 2.05) is 49.7 Å². The lowest BCUT2D eigenvalue weighted by molar-refractivity contribution is 0.137. The van der Waals surface area contributed by atoms with Crippen LogP contribution < -0.4 is 15.5 Å². The van der Waals surface area contributed by atoms with Crippen molar-refractivity contribution < 1.29 is 9.84 Å². The summed E-state index contributed by atoms with van der Waals surface area (Å²) >= 11 is 0. The summed E-state index contributed by atoms with van der Waals surface area (Å²) in [6, 6.07) is 3.90. The molecular formula is C20H30N8O2. The first-order valence-corrected chi connectivity index (χ1v) is 10.1. The van der Waals surface area contributed by atoms with Crippen molar-refractivity contribution in [3.8, 4) is 0 Å². The van der Waals surface area contributed by atoms with Gasteiger partial charge in [0.05, 0.1) is 19.8 Å². The quantitative estimate of drug-likeness (QED) is 0.401. The highest BCUT2D eigenvalue weighted by Gasteiger charge is 2.20. The first-order valence-electron chi connectivity index (χ1n) is 10.1. The Labute approximate surface area is 176 Å². The van der Waals surface area contributed by atoms with E-state index in [1.165, 1.54) is 0 Å². The molecule has 10 nitrogen and oxygen atoms in total. The number of aromatic nitrogens is 5. The van der Waals surface area contributed by atoms with E-state index >= 15 is 0 Å². The van der Waals surface area contributed by atoms with Crippen LogP contribution in [0.2, 0.25) is 0 Å². The molecule has 0 saturated heterocycles. The number of aliphatic hydroxyl groups is 1. The Kier molecular flexibility index (Phi) is 7.50. The van der Waals surface area contributed by atoms with Crippen molar-refractivity contribution in [2.75, 3.05) is 50.7 Å². The number of ether oxygens (including phenoxy) is 1. The van der Waals surface area contributed by atoms with Crippen LogP contribution in [-0.4, -0.2) is 70.3 Å². The van der Waals surface area contributed by atoms with Gasteiger partial charge in [0, 0.05) is 32.9 Å². The van der Waals surface area contributed by atoms with Crippen LogP contribution in [0.15, 0.2) is 18.3 Å². The van der Waals surface area contributed by atoms with Crippen molar-refractivity contribution in [2.24, 2.45) is 0 Å². The third kappa shape index (κ3) is 5.02. The Morgan fingerprint density at radius 2 is 2.13 bits per heavy atom. The maximum Gasteiger partial charge on any atom is 0.227 e. The third-order valence-electron chi connectivity index (χ3n) is 4.58. The zero-order valence-electron chi connectivity index (χ0n) is 18.0. The van der Waals surface area contributed by atoms with Crippen LogP contribution in [-0.2, 0) is 17.8 Å². The molecule has 3 heterocycles. The monoisotopic (exact) mass is 414 g/mol. The molecule has 0 aliphatic rings. The second-order valence-electron chi connectivity index (χ2n) is 6.96. The lowest BCUT2D eigenvalue weighted by Gasteiger charge is -2.17. The average molecular weight is 415 g/mol. The second kappa shape index (κ2) is 10.3. The normalized spacial score (nSPS) is 11.2. The van der Waals surface area contributed by atoms with E-state index < -0.39 is 0 Å². The van der Waals surface area contributed by atoms with Crippen LogP contribution >= 0.6 is 0 Å². The smallest absolute Gasteiger partial charge is 0.227 e. The van der Waals surface area contributed by atoms with Gasteiger partial charge in [0.15, 0.2) is 5.82 Å². The summed E-state index contributed by atoms with van der Waals surface area (Å²) in [4.78, 5) is 15.7. The Morgan fingerprint density at radius 1 is 1.30 bits per heavy atom. The minimum atomic E-state index is 0.0110. The highest BCUT2D eigenvalue weighted by molar-refractivity contribution is 5.90. The van der Waals surface area contributed by atoms with Gasteiger partial charge in [-0.2, -0.15) is 10.1 Å². The molecule has 3 aromatic heterocycles. The maximum absolute atomic E-state index is 9.35. The highest BCUT2D eigenvalue weighted by atomic mass is 16.5. The highest BCUT2D eigenvalue weighted by Crippen LogP contribution is 2.28. The summed E-state index contributed by atoms with van der Waals surface area (Å²) in [7, 11) is 3.73. The number of hydrogen-bond donors (Lipinski definition) is 3.